The second kappa shape index (κ2) is 2.50. The van der Waals surface area contributed by atoms with Crippen molar-refractivity contribution in [2.45, 2.75) is 32.0 Å². The minimum Gasteiger partial charge on any atom is -0.390 e. The Morgan fingerprint density at radius 3 is 2.56 bits per heavy atom. The van der Waals surface area contributed by atoms with E-state index in [1.165, 1.54) is 5.57 Å². The number of hydrogen-bond donors (Lipinski definition) is 2. The van der Waals surface area contributed by atoms with Gasteiger partial charge in [-0.15, -0.1) is 0 Å². The lowest BCUT2D eigenvalue weighted by atomic mass is 9.96. The van der Waals surface area contributed by atoms with Crippen molar-refractivity contribution in [1.82, 2.24) is 0 Å². The predicted octanol–water partition coefficient (Wildman–Crippen LogP) is 0.448. The molecular formula is C7H12O2. The Bertz CT molecular complexity index is 129. The molecule has 2 atom stereocenters. The van der Waals surface area contributed by atoms with Gasteiger partial charge in [0.1, 0.15) is 0 Å². The van der Waals surface area contributed by atoms with Gasteiger partial charge in [0.2, 0.25) is 0 Å². The molecule has 52 valence electrons. The smallest absolute Gasteiger partial charge is 0.0839 e. The maximum atomic E-state index is 9.06. The molecule has 2 nitrogen and oxygen atoms in total. The Balaban J connectivity index is 2.54. The summed E-state index contributed by atoms with van der Waals surface area (Å²) in [6.07, 6.45) is 2.13. The molecule has 1 aliphatic rings. The average molecular weight is 128 g/mol. The first-order valence-electron chi connectivity index (χ1n) is 3.22. The van der Waals surface area contributed by atoms with Crippen LogP contribution < -0.4 is 0 Å². The van der Waals surface area contributed by atoms with E-state index < -0.39 is 12.2 Å². The van der Waals surface area contributed by atoms with Gasteiger partial charge in [0, 0.05) is 0 Å². The zero-order valence-corrected chi connectivity index (χ0v) is 5.54. The van der Waals surface area contributed by atoms with Crippen LogP contribution in [0.1, 0.15) is 19.8 Å². The Morgan fingerprint density at radius 1 is 1.44 bits per heavy atom. The fraction of sp³-hybridized carbons (Fsp3) is 0.714. The summed E-state index contributed by atoms with van der Waals surface area (Å²) in [5.74, 6) is 0. The van der Waals surface area contributed by atoms with Gasteiger partial charge >= 0.3 is 0 Å². The third-order valence-electron chi connectivity index (χ3n) is 1.68. The van der Waals surface area contributed by atoms with Crippen LogP contribution in [-0.4, -0.2) is 22.4 Å². The fourth-order valence-corrected chi connectivity index (χ4v) is 1.03. The Morgan fingerprint density at radius 2 is 2.11 bits per heavy atom. The summed E-state index contributed by atoms with van der Waals surface area (Å²) in [5.41, 5.74) is 1.17. The SMILES string of the molecule is CC1=CC[C@H](O)[C@@H](O)C1. The van der Waals surface area contributed by atoms with Crippen molar-refractivity contribution < 1.29 is 10.2 Å². The summed E-state index contributed by atoms with van der Waals surface area (Å²) >= 11 is 0. The largest absolute Gasteiger partial charge is 0.390 e. The molecule has 0 aromatic carbocycles. The van der Waals surface area contributed by atoms with Gasteiger partial charge in [0.05, 0.1) is 12.2 Å². The number of aliphatic hydroxyl groups excluding tert-OH is 2. The van der Waals surface area contributed by atoms with Gasteiger partial charge in [-0.2, -0.15) is 0 Å². The van der Waals surface area contributed by atoms with Gasteiger partial charge in [0.25, 0.3) is 0 Å². The van der Waals surface area contributed by atoms with Crippen molar-refractivity contribution in [3.05, 3.63) is 11.6 Å². The molecule has 1 aliphatic carbocycles. The van der Waals surface area contributed by atoms with Crippen LogP contribution in [0.2, 0.25) is 0 Å². The molecule has 0 saturated carbocycles. The molecule has 0 spiro atoms. The first kappa shape index (κ1) is 6.78. The maximum absolute atomic E-state index is 9.06. The fourth-order valence-electron chi connectivity index (χ4n) is 1.03. The summed E-state index contributed by atoms with van der Waals surface area (Å²) in [7, 11) is 0. The Kier molecular flexibility index (Phi) is 1.88. The Labute approximate surface area is 54.8 Å². The van der Waals surface area contributed by atoms with Crippen molar-refractivity contribution in [3.63, 3.8) is 0 Å². The molecule has 0 unspecified atom stereocenters. The Hall–Kier alpha value is -0.340. The van der Waals surface area contributed by atoms with E-state index in [9.17, 15) is 0 Å². The number of hydrogen-bond acceptors (Lipinski definition) is 2. The monoisotopic (exact) mass is 128 g/mol. The third kappa shape index (κ3) is 1.53. The summed E-state index contributed by atoms with van der Waals surface area (Å²) in [5, 5.41) is 18.1. The van der Waals surface area contributed by atoms with Crippen LogP contribution in [0, 0.1) is 0 Å². The molecule has 0 aromatic heterocycles. The van der Waals surface area contributed by atoms with Gasteiger partial charge in [-0.1, -0.05) is 11.6 Å². The van der Waals surface area contributed by atoms with Gasteiger partial charge in [0.15, 0.2) is 0 Å². The van der Waals surface area contributed by atoms with Crippen LogP contribution in [0.15, 0.2) is 11.6 Å². The first-order chi connectivity index (χ1) is 4.20. The van der Waals surface area contributed by atoms with E-state index in [4.69, 9.17) is 10.2 Å². The van der Waals surface area contributed by atoms with Crippen molar-refractivity contribution in [3.8, 4) is 0 Å². The van der Waals surface area contributed by atoms with E-state index in [-0.39, 0.29) is 0 Å². The lowest BCUT2D eigenvalue weighted by molar-refractivity contribution is 0.0169. The molecule has 0 saturated heterocycles. The molecule has 0 heterocycles. The average Bonchev–Trinajstić information content (AvgIpc) is 1.80. The molecule has 0 radical (unpaired) electrons. The quantitative estimate of drug-likeness (QED) is 0.465. The third-order valence-corrected chi connectivity index (χ3v) is 1.68. The van der Waals surface area contributed by atoms with Gasteiger partial charge in [-0.3, -0.25) is 0 Å². The minimum atomic E-state index is -0.534. The van der Waals surface area contributed by atoms with E-state index in [0.717, 1.165) is 0 Å². The van der Waals surface area contributed by atoms with Crippen LogP contribution in [0.4, 0.5) is 0 Å². The molecular weight excluding hydrogens is 116 g/mol. The molecule has 0 amide bonds. The van der Waals surface area contributed by atoms with Crippen molar-refractivity contribution in [2.75, 3.05) is 0 Å². The van der Waals surface area contributed by atoms with Crippen molar-refractivity contribution >= 4 is 0 Å². The molecule has 1 rings (SSSR count). The molecule has 2 heteroatoms. The second-order valence-corrected chi connectivity index (χ2v) is 2.62. The highest BCUT2D eigenvalue weighted by Crippen LogP contribution is 2.17. The van der Waals surface area contributed by atoms with Gasteiger partial charge in [-0.05, 0) is 19.8 Å². The highest BCUT2D eigenvalue weighted by Gasteiger charge is 2.18. The molecule has 0 bridgehead atoms. The summed E-state index contributed by atoms with van der Waals surface area (Å²) in [6.45, 7) is 1.97. The van der Waals surface area contributed by atoms with E-state index >= 15 is 0 Å². The first-order valence-corrected chi connectivity index (χ1v) is 3.22. The van der Waals surface area contributed by atoms with Crippen molar-refractivity contribution in [2.24, 2.45) is 0 Å². The van der Waals surface area contributed by atoms with Gasteiger partial charge in [-0.25, -0.2) is 0 Å². The van der Waals surface area contributed by atoms with Crippen LogP contribution in [-0.2, 0) is 0 Å². The summed E-state index contributed by atoms with van der Waals surface area (Å²) < 4.78 is 0. The molecule has 0 fully saturated rings. The van der Waals surface area contributed by atoms with Crippen LogP contribution in [0.3, 0.4) is 0 Å². The second-order valence-electron chi connectivity index (χ2n) is 2.62. The highest BCUT2D eigenvalue weighted by molar-refractivity contribution is 5.06. The van der Waals surface area contributed by atoms with E-state index in [1.807, 2.05) is 13.0 Å². The lowest BCUT2D eigenvalue weighted by Gasteiger charge is -2.21. The van der Waals surface area contributed by atoms with Gasteiger partial charge < -0.3 is 10.2 Å². The summed E-state index contributed by atoms with van der Waals surface area (Å²) in [6, 6.07) is 0. The van der Waals surface area contributed by atoms with Crippen molar-refractivity contribution in [1.29, 1.82) is 0 Å². The standard InChI is InChI=1S/C7H12O2/c1-5-2-3-6(8)7(9)4-5/h2,6-9H,3-4H2,1H3/t6-,7-/m0/s1. The van der Waals surface area contributed by atoms with E-state index in [2.05, 4.69) is 0 Å². The molecule has 0 aliphatic heterocycles. The van der Waals surface area contributed by atoms with E-state index in [1.54, 1.807) is 0 Å². The topological polar surface area (TPSA) is 40.5 Å². The molecule has 2 N–H and O–H groups in total. The lowest BCUT2D eigenvalue weighted by Crippen LogP contribution is -2.28. The minimum absolute atomic E-state index is 0.532. The zero-order valence-electron chi connectivity index (χ0n) is 5.54. The maximum Gasteiger partial charge on any atom is 0.0839 e. The predicted molar refractivity (Wildman–Crippen MR) is 35.0 cm³/mol. The van der Waals surface area contributed by atoms with Crippen LogP contribution in [0.25, 0.3) is 0 Å². The number of rotatable bonds is 0. The highest BCUT2D eigenvalue weighted by atomic mass is 16.3. The summed E-state index contributed by atoms with van der Waals surface area (Å²) in [4.78, 5) is 0. The normalized spacial score (nSPS) is 36.1. The molecule has 0 aromatic rings. The van der Waals surface area contributed by atoms with Crippen LogP contribution >= 0.6 is 0 Å². The zero-order chi connectivity index (χ0) is 6.85. The van der Waals surface area contributed by atoms with E-state index in [0.29, 0.717) is 12.8 Å². The van der Waals surface area contributed by atoms with Crippen LogP contribution in [0.5, 0.6) is 0 Å². The molecule has 9 heavy (non-hydrogen) atoms. The number of aliphatic hydroxyl groups is 2.